The van der Waals surface area contributed by atoms with E-state index in [1.807, 2.05) is 18.2 Å². The zero-order valence-corrected chi connectivity index (χ0v) is 12.4. The number of nitrogens with one attached hydrogen (secondary N) is 1. The van der Waals surface area contributed by atoms with Gasteiger partial charge in [-0.25, -0.2) is 0 Å². The highest BCUT2D eigenvalue weighted by Crippen LogP contribution is 2.32. The Morgan fingerprint density at radius 2 is 2.15 bits per heavy atom. The molecule has 2 fully saturated rings. The Balaban J connectivity index is 1.60. The van der Waals surface area contributed by atoms with E-state index >= 15 is 0 Å². The van der Waals surface area contributed by atoms with Crippen LogP contribution in [0.5, 0.6) is 0 Å². The standard InChI is InChI=1S/C15H21N3OS/c16-15(19)10-20-14-4-2-1-3-13(14)17-11-7-8-18(9-11)12-5-6-12/h1-4,11-12,17H,5-10H2,(H2,16,19). The van der Waals surface area contributed by atoms with E-state index in [0.29, 0.717) is 11.8 Å². The van der Waals surface area contributed by atoms with E-state index in [9.17, 15) is 4.79 Å². The normalized spacial score (nSPS) is 22.9. The molecule has 2 aliphatic rings. The number of rotatable bonds is 6. The first kappa shape index (κ1) is 13.8. The van der Waals surface area contributed by atoms with Crippen molar-refractivity contribution in [3.05, 3.63) is 24.3 Å². The van der Waals surface area contributed by atoms with Gasteiger partial charge in [0.25, 0.3) is 0 Å². The Hall–Kier alpha value is -1.20. The van der Waals surface area contributed by atoms with Crippen molar-refractivity contribution >= 4 is 23.4 Å². The molecule has 1 saturated carbocycles. The molecule has 20 heavy (non-hydrogen) atoms. The van der Waals surface area contributed by atoms with Crippen molar-refractivity contribution in [2.45, 2.75) is 36.2 Å². The highest BCUT2D eigenvalue weighted by Gasteiger charge is 2.34. The largest absolute Gasteiger partial charge is 0.380 e. The topological polar surface area (TPSA) is 58.4 Å². The lowest BCUT2D eigenvalue weighted by Gasteiger charge is -2.18. The Bertz CT molecular complexity index is 490. The third-order valence-corrected chi connectivity index (χ3v) is 5.00. The Labute approximate surface area is 124 Å². The maximum Gasteiger partial charge on any atom is 0.227 e. The number of anilines is 1. The summed E-state index contributed by atoms with van der Waals surface area (Å²) in [5, 5.41) is 3.63. The van der Waals surface area contributed by atoms with Crippen LogP contribution in [0.1, 0.15) is 19.3 Å². The third kappa shape index (κ3) is 3.46. The van der Waals surface area contributed by atoms with Gasteiger partial charge in [-0.3, -0.25) is 9.69 Å². The number of likely N-dealkylation sites (tertiary alicyclic amines) is 1. The van der Waals surface area contributed by atoms with Gasteiger partial charge in [0.1, 0.15) is 0 Å². The van der Waals surface area contributed by atoms with Gasteiger partial charge in [-0.2, -0.15) is 0 Å². The summed E-state index contributed by atoms with van der Waals surface area (Å²) in [6.45, 7) is 2.35. The van der Waals surface area contributed by atoms with Gasteiger partial charge in [-0.1, -0.05) is 12.1 Å². The fourth-order valence-electron chi connectivity index (χ4n) is 2.76. The lowest BCUT2D eigenvalue weighted by molar-refractivity contribution is -0.115. The molecule has 4 nitrogen and oxygen atoms in total. The van der Waals surface area contributed by atoms with Gasteiger partial charge in [0.2, 0.25) is 5.91 Å². The van der Waals surface area contributed by atoms with Crippen LogP contribution in [0.25, 0.3) is 0 Å². The predicted octanol–water partition coefficient (Wildman–Crippen LogP) is 1.91. The van der Waals surface area contributed by atoms with E-state index in [2.05, 4.69) is 16.3 Å². The molecule has 1 aliphatic carbocycles. The highest BCUT2D eigenvalue weighted by molar-refractivity contribution is 8.00. The summed E-state index contributed by atoms with van der Waals surface area (Å²) in [5.74, 6) is 0.0583. The molecule has 1 saturated heterocycles. The molecule has 1 atom stereocenters. The summed E-state index contributed by atoms with van der Waals surface area (Å²) >= 11 is 1.51. The maximum absolute atomic E-state index is 10.9. The van der Waals surface area contributed by atoms with E-state index < -0.39 is 0 Å². The van der Waals surface area contributed by atoms with Crippen LogP contribution in [0.3, 0.4) is 0 Å². The molecule has 3 rings (SSSR count). The van der Waals surface area contributed by atoms with Crippen LogP contribution in [-0.4, -0.2) is 41.7 Å². The van der Waals surface area contributed by atoms with Gasteiger partial charge in [0.15, 0.2) is 0 Å². The number of hydrogen-bond acceptors (Lipinski definition) is 4. The molecule has 108 valence electrons. The second-order valence-corrected chi connectivity index (χ2v) is 6.62. The van der Waals surface area contributed by atoms with Crippen LogP contribution in [-0.2, 0) is 4.79 Å². The Morgan fingerprint density at radius 1 is 1.35 bits per heavy atom. The molecule has 1 unspecified atom stereocenters. The number of primary amides is 1. The van der Waals surface area contributed by atoms with Gasteiger partial charge in [0, 0.05) is 35.8 Å². The third-order valence-electron chi connectivity index (χ3n) is 3.90. The van der Waals surface area contributed by atoms with Crippen molar-refractivity contribution in [3.63, 3.8) is 0 Å². The van der Waals surface area contributed by atoms with Crippen molar-refractivity contribution in [2.24, 2.45) is 5.73 Å². The van der Waals surface area contributed by atoms with Gasteiger partial charge in [-0.15, -0.1) is 11.8 Å². The molecule has 0 radical (unpaired) electrons. The monoisotopic (exact) mass is 291 g/mol. The van der Waals surface area contributed by atoms with Crippen LogP contribution in [0.4, 0.5) is 5.69 Å². The summed E-state index contributed by atoms with van der Waals surface area (Å²) in [4.78, 5) is 14.6. The SMILES string of the molecule is NC(=O)CSc1ccccc1NC1CCN(C2CC2)C1. The van der Waals surface area contributed by atoms with E-state index in [4.69, 9.17) is 5.73 Å². The molecule has 1 heterocycles. The summed E-state index contributed by atoms with van der Waals surface area (Å²) < 4.78 is 0. The lowest BCUT2D eigenvalue weighted by atomic mass is 10.2. The van der Waals surface area contributed by atoms with E-state index in [1.54, 1.807) is 0 Å². The summed E-state index contributed by atoms with van der Waals surface area (Å²) in [7, 11) is 0. The maximum atomic E-state index is 10.9. The summed E-state index contributed by atoms with van der Waals surface area (Å²) in [6, 6.07) is 9.53. The van der Waals surface area contributed by atoms with E-state index in [1.165, 1.54) is 37.6 Å². The molecule has 0 bridgehead atoms. The minimum Gasteiger partial charge on any atom is -0.380 e. The molecule has 1 amide bonds. The van der Waals surface area contributed by atoms with Crippen LogP contribution < -0.4 is 11.1 Å². The van der Waals surface area contributed by atoms with E-state index in [0.717, 1.165) is 23.2 Å². The smallest absolute Gasteiger partial charge is 0.227 e. The molecule has 1 aliphatic heterocycles. The average molecular weight is 291 g/mol. The van der Waals surface area contributed by atoms with Crippen LogP contribution in [0, 0.1) is 0 Å². The van der Waals surface area contributed by atoms with Crippen molar-refractivity contribution in [1.82, 2.24) is 4.90 Å². The Morgan fingerprint density at radius 3 is 2.90 bits per heavy atom. The molecule has 5 heteroatoms. The number of carbonyl (C=O) groups is 1. The summed E-state index contributed by atoms with van der Waals surface area (Å²) in [6.07, 6.45) is 3.95. The van der Waals surface area contributed by atoms with E-state index in [-0.39, 0.29) is 5.91 Å². The zero-order chi connectivity index (χ0) is 13.9. The molecule has 1 aromatic rings. The number of hydrogen-bond donors (Lipinski definition) is 2. The van der Waals surface area contributed by atoms with Crippen LogP contribution in [0.15, 0.2) is 29.2 Å². The van der Waals surface area contributed by atoms with Crippen molar-refractivity contribution in [3.8, 4) is 0 Å². The Kier molecular flexibility index (Phi) is 4.17. The first-order valence-electron chi connectivity index (χ1n) is 7.23. The van der Waals surface area contributed by atoms with Gasteiger partial charge < -0.3 is 11.1 Å². The number of para-hydroxylation sites is 1. The number of thioether (sulfide) groups is 1. The minimum absolute atomic E-state index is 0.273. The van der Waals surface area contributed by atoms with Gasteiger partial charge in [-0.05, 0) is 31.4 Å². The zero-order valence-electron chi connectivity index (χ0n) is 11.5. The summed E-state index contributed by atoms with van der Waals surface area (Å²) in [5.41, 5.74) is 6.35. The van der Waals surface area contributed by atoms with Crippen molar-refractivity contribution in [2.75, 3.05) is 24.2 Å². The molecule has 3 N–H and O–H groups in total. The fraction of sp³-hybridized carbons (Fsp3) is 0.533. The quantitative estimate of drug-likeness (QED) is 0.786. The first-order chi connectivity index (χ1) is 9.72. The number of amides is 1. The number of nitrogens with two attached hydrogens (primary N) is 1. The second kappa shape index (κ2) is 6.06. The van der Waals surface area contributed by atoms with Crippen LogP contribution >= 0.6 is 11.8 Å². The average Bonchev–Trinajstić information content (AvgIpc) is 3.18. The molecule has 1 aromatic carbocycles. The minimum atomic E-state index is -0.273. The van der Waals surface area contributed by atoms with Gasteiger partial charge in [0.05, 0.1) is 5.75 Å². The molecular formula is C15H21N3OS. The highest BCUT2D eigenvalue weighted by atomic mass is 32.2. The molecule has 0 aromatic heterocycles. The second-order valence-electron chi connectivity index (χ2n) is 5.61. The van der Waals surface area contributed by atoms with Crippen molar-refractivity contribution in [1.29, 1.82) is 0 Å². The fourth-order valence-corrected chi connectivity index (χ4v) is 3.51. The molecule has 0 spiro atoms. The van der Waals surface area contributed by atoms with Crippen LogP contribution in [0.2, 0.25) is 0 Å². The van der Waals surface area contributed by atoms with Gasteiger partial charge >= 0.3 is 0 Å². The number of carbonyl (C=O) groups excluding carboxylic acids is 1. The first-order valence-corrected chi connectivity index (χ1v) is 8.21. The molecular weight excluding hydrogens is 270 g/mol. The lowest BCUT2D eigenvalue weighted by Crippen LogP contribution is -2.27. The van der Waals surface area contributed by atoms with Crippen molar-refractivity contribution < 1.29 is 4.79 Å². The number of nitrogens with zero attached hydrogens (tertiary/aromatic N) is 1. The predicted molar refractivity (Wildman–Crippen MR) is 83.0 cm³/mol. The number of benzene rings is 1.